The first-order valence-corrected chi connectivity index (χ1v) is 10.4. The number of nitrogens with zero attached hydrogens (tertiary/aromatic N) is 2. The average molecular weight is 425 g/mol. The van der Waals surface area contributed by atoms with Crippen molar-refractivity contribution in [1.29, 1.82) is 0 Å². The summed E-state index contributed by atoms with van der Waals surface area (Å²) >= 11 is 7.70. The second-order valence-electron chi connectivity index (χ2n) is 6.58. The number of benzene rings is 2. The first kappa shape index (κ1) is 18.4. The van der Waals surface area contributed by atoms with E-state index in [1.54, 1.807) is 11.8 Å². The quantitative estimate of drug-likeness (QED) is 0.478. The van der Waals surface area contributed by atoms with Crippen LogP contribution in [0.1, 0.15) is 0 Å². The molecule has 3 heterocycles. The molecule has 2 aromatic carbocycles. The predicted octanol–water partition coefficient (Wildman–Crippen LogP) is 5.18. The van der Waals surface area contributed by atoms with Gasteiger partial charge in [-0.1, -0.05) is 23.4 Å². The van der Waals surface area contributed by atoms with E-state index < -0.39 is 0 Å². The number of aromatic nitrogens is 2. The first-order chi connectivity index (χ1) is 14.2. The van der Waals surface area contributed by atoms with Crippen molar-refractivity contribution in [2.24, 2.45) is 0 Å². The van der Waals surface area contributed by atoms with Crippen molar-refractivity contribution in [1.82, 2.24) is 9.55 Å². The van der Waals surface area contributed by atoms with Gasteiger partial charge in [-0.2, -0.15) is 0 Å². The van der Waals surface area contributed by atoms with Crippen molar-refractivity contribution in [3.63, 3.8) is 0 Å². The summed E-state index contributed by atoms with van der Waals surface area (Å²) < 4.78 is 13.0. The Morgan fingerprint density at radius 2 is 1.90 bits per heavy atom. The fraction of sp³-hybridized carbons (Fsp3) is 0.136. The minimum atomic E-state index is 0.0512. The van der Waals surface area contributed by atoms with Crippen LogP contribution in [-0.2, 0) is 6.54 Å². The highest BCUT2D eigenvalue weighted by molar-refractivity contribution is 7.99. The van der Waals surface area contributed by atoms with Crippen molar-refractivity contribution < 1.29 is 14.6 Å². The summed E-state index contributed by atoms with van der Waals surface area (Å²) in [6.07, 6.45) is 1.94. The lowest BCUT2D eigenvalue weighted by molar-refractivity contribution is 0.174. The average Bonchev–Trinajstić information content (AvgIpc) is 3.35. The van der Waals surface area contributed by atoms with Gasteiger partial charge in [-0.25, -0.2) is 4.98 Å². The number of halogens is 1. The highest BCUT2D eigenvalue weighted by Crippen LogP contribution is 2.46. The van der Waals surface area contributed by atoms with E-state index in [0.29, 0.717) is 11.6 Å². The lowest BCUT2D eigenvalue weighted by Crippen LogP contribution is -2.06. The fourth-order valence-corrected chi connectivity index (χ4v) is 4.54. The van der Waals surface area contributed by atoms with Crippen LogP contribution in [-0.4, -0.2) is 28.1 Å². The molecule has 0 unspecified atom stereocenters. The van der Waals surface area contributed by atoms with E-state index in [-0.39, 0.29) is 13.4 Å². The van der Waals surface area contributed by atoms with E-state index in [4.69, 9.17) is 26.1 Å². The first-order valence-electron chi connectivity index (χ1n) is 9.16. The zero-order valence-electron chi connectivity index (χ0n) is 15.3. The van der Waals surface area contributed by atoms with Gasteiger partial charge in [0.25, 0.3) is 0 Å². The van der Waals surface area contributed by atoms with Crippen molar-refractivity contribution in [3.8, 4) is 34.1 Å². The third-order valence-electron chi connectivity index (χ3n) is 4.74. The van der Waals surface area contributed by atoms with Crippen molar-refractivity contribution in [2.45, 2.75) is 16.3 Å². The van der Waals surface area contributed by atoms with Gasteiger partial charge >= 0.3 is 0 Å². The molecule has 3 aliphatic rings. The lowest BCUT2D eigenvalue weighted by Gasteiger charge is -2.10. The third kappa shape index (κ3) is 3.44. The molecule has 0 amide bonds. The van der Waals surface area contributed by atoms with Crippen LogP contribution in [0.3, 0.4) is 0 Å². The molecule has 29 heavy (non-hydrogen) atoms. The SMILES string of the molecule is OCCn1cccc2c(Sc3ccc(Cl)cc3)c(-c3ccc4c(c3)OCO4)nc1-2. The molecule has 0 radical (unpaired) electrons. The Bertz CT molecular complexity index is 1140. The Morgan fingerprint density at radius 1 is 1.07 bits per heavy atom. The van der Waals surface area contributed by atoms with Crippen molar-refractivity contribution >= 4 is 23.4 Å². The zero-order valence-corrected chi connectivity index (χ0v) is 16.9. The van der Waals surface area contributed by atoms with Crippen LogP contribution in [0, 0.1) is 0 Å². The highest BCUT2D eigenvalue weighted by Gasteiger charge is 2.24. The van der Waals surface area contributed by atoms with E-state index in [1.807, 2.05) is 59.3 Å². The Kier molecular flexibility index (Phi) is 4.83. The van der Waals surface area contributed by atoms with Crippen LogP contribution in [0.15, 0.2) is 70.6 Å². The molecule has 3 aliphatic heterocycles. The molecule has 0 fully saturated rings. The van der Waals surface area contributed by atoms with Crippen LogP contribution < -0.4 is 9.47 Å². The normalized spacial score (nSPS) is 12.6. The van der Waals surface area contributed by atoms with Crippen molar-refractivity contribution in [2.75, 3.05) is 13.4 Å². The minimum Gasteiger partial charge on any atom is -0.454 e. The molecule has 0 atom stereocenters. The number of ether oxygens (including phenoxy) is 2. The molecule has 1 N–H and O–H groups in total. The van der Waals surface area contributed by atoms with E-state index in [1.165, 1.54) is 0 Å². The van der Waals surface area contributed by atoms with Gasteiger partial charge in [-0.3, -0.25) is 0 Å². The maximum atomic E-state index is 9.44. The molecule has 5 rings (SSSR count). The van der Waals surface area contributed by atoms with Gasteiger partial charge in [-0.15, -0.1) is 0 Å². The largest absolute Gasteiger partial charge is 0.454 e. The summed E-state index contributed by atoms with van der Waals surface area (Å²) in [6, 6.07) is 17.7. The van der Waals surface area contributed by atoms with Crippen LogP contribution >= 0.6 is 23.4 Å². The third-order valence-corrected chi connectivity index (χ3v) is 6.12. The van der Waals surface area contributed by atoms with Gasteiger partial charge in [0.05, 0.1) is 12.3 Å². The number of aliphatic hydroxyl groups excluding tert-OH is 1. The molecular formula is C22H17ClN2O3S. The van der Waals surface area contributed by atoms with E-state index in [9.17, 15) is 5.11 Å². The minimum absolute atomic E-state index is 0.0512. The van der Waals surface area contributed by atoms with Gasteiger partial charge in [0, 0.05) is 38.7 Å². The maximum absolute atomic E-state index is 9.44. The van der Waals surface area contributed by atoms with Crippen molar-refractivity contribution in [3.05, 3.63) is 65.8 Å². The van der Waals surface area contributed by atoms with Gasteiger partial charge in [0.2, 0.25) is 6.79 Å². The Labute approximate surface area is 177 Å². The maximum Gasteiger partial charge on any atom is 0.231 e. The summed E-state index contributed by atoms with van der Waals surface area (Å²) in [5.74, 6) is 2.30. The molecule has 0 aromatic heterocycles. The summed E-state index contributed by atoms with van der Waals surface area (Å²) in [4.78, 5) is 7.07. The standard InChI is InChI=1S/C22H17ClN2O3S/c23-15-4-6-16(7-5-15)29-21-17-2-1-9-25(10-11-26)22(17)24-20(21)14-3-8-18-19(12-14)28-13-27-18/h1-9,12,26H,10-11,13H2. The van der Waals surface area contributed by atoms with Crippen LogP contribution in [0.25, 0.3) is 22.6 Å². The second-order valence-corrected chi connectivity index (χ2v) is 8.10. The summed E-state index contributed by atoms with van der Waals surface area (Å²) in [7, 11) is 0. The van der Waals surface area contributed by atoms with Gasteiger partial charge in [0.15, 0.2) is 11.5 Å². The number of aliphatic hydroxyl groups is 1. The van der Waals surface area contributed by atoms with E-state index in [2.05, 4.69) is 6.07 Å². The topological polar surface area (TPSA) is 56.5 Å². The van der Waals surface area contributed by atoms with Gasteiger partial charge in [-0.05, 0) is 54.6 Å². The Morgan fingerprint density at radius 3 is 2.72 bits per heavy atom. The molecule has 0 saturated heterocycles. The molecule has 2 aromatic rings. The molecule has 0 bridgehead atoms. The number of fused-ring (bicyclic) bond motifs is 2. The lowest BCUT2D eigenvalue weighted by atomic mass is 10.1. The zero-order chi connectivity index (χ0) is 19.8. The summed E-state index contributed by atoms with van der Waals surface area (Å²) in [6.45, 7) is 0.772. The number of hydrogen-bond acceptors (Lipinski definition) is 5. The smallest absolute Gasteiger partial charge is 0.231 e. The fourth-order valence-electron chi connectivity index (χ4n) is 3.38. The molecule has 0 aliphatic carbocycles. The number of pyridine rings is 1. The molecular weight excluding hydrogens is 408 g/mol. The van der Waals surface area contributed by atoms with Crippen LogP contribution in [0.5, 0.6) is 11.5 Å². The number of rotatable bonds is 5. The monoisotopic (exact) mass is 424 g/mol. The highest BCUT2D eigenvalue weighted by atomic mass is 35.5. The van der Waals surface area contributed by atoms with E-state index >= 15 is 0 Å². The van der Waals surface area contributed by atoms with Crippen LogP contribution in [0.4, 0.5) is 0 Å². The predicted molar refractivity (Wildman–Crippen MR) is 113 cm³/mol. The molecule has 5 nitrogen and oxygen atoms in total. The molecule has 0 saturated carbocycles. The molecule has 7 heteroatoms. The van der Waals surface area contributed by atoms with Gasteiger partial charge in [0.1, 0.15) is 5.82 Å². The Hall–Kier alpha value is -2.67. The second kappa shape index (κ2) is 7.63. The number of hydrogen-bond donors (Lipinski definition) is 1. The van der Waals surface area contributed by atoms with Crippen LogP contribution in [0.2, 0.25) is 5.02 Å². The summed E-state index contributed by atoms with van der Waals surface area (Å²) in [5, 5.41) is 10.1. The molecule has 146 valence electrons. The Balaban J connectivity index is 1.66. The van der Waals surface area contributed by atoms with Gasteiger partial charge < -0.3 is 19.1 Å². The summed E-state index contributed by atoms with van der Waals surface area (Å²) in [5.41, 5.74) is 2.86. The van der Waals surface area contributed by atoms with E-state index in [0.717, 1.165) is 43.9 Å². The molecule has 0 spiro atoms.